The number of nitrogens with zero attached hydrogens (tertiary/aromatic N) is 4. The lowest BCUT2D eigenvalue weighted by molar-refractivity contribution is -0.137. The molecule has 8 aromatic rings. The van der Waals surface area contributed by atoms with Gasteiger partial charge in [0.25, 0.3) is 22.5 Å². The second-order valence-corrected chi connectivity index (χ2v) is 17.6. The summed E-state index contributed by atoms with van der Waals surface area (Å²) < 4.78 is 96.9. The number of benzene rings is 6. The SMILES string of the molecule is [C-]#[N+]c1c(C(F)(F)F)cc(-c2ccc(Oc3cccc(C(=O)O)c3)cc2)n(Cc2ccc(C)cc2C)c1=O.[C-]#[N+]c1c(C(F)(F)F)cc(-c2ccc(Oc3cccc(C(C)=O)c3)cc2)n(Cc2ccc(C)cc2C)c1=O. The van der Waals surface area contributed by atoms with Crippen molar-refractivity contribution in [1.29, 1.82) is 0 Å². The summed E-state index contributed by atoms with van der Waals surface area (Å²) in [6.07, 6.45) is -9.78. The number of alkyl halides is 6. The van der Waals surface area contributed by atoms with Crippen LogP contribution in [0, 0.1) is 40.8 Å². The molecule has 0 saturated carbocycles. The predicted octanol–water partition coefficient (Wildman–Crippen LogP) is 15.0. The van der Waals surface area contributed by atoms with Crippen molar-refractivity contribution in [1.82, 2.24) is 9.13 Å². The zero-order valence-corrected chi connectivity index (χ0v) is 41.2. The van der Waals surface area contributed by atoms with Gasteiger partial charge >= 0.3 is 18.3 Å². The zero-order chi connectivity index (χ0) is 55.2. The summed E-state index contributed by atoms with van der Waals surface area (Å²) in [6, 6.07) is 37.6. The number of aryl methyl sites for hydroxylation is 4. The maximum absolute atomic E-state index is 13.8. The van der Waals surface area contributed by atoms with Crippen LogP contribution in [-0.4, -0.2) is 26.0 Å². The van der Waals surface area contributed by atoms with Gasteiger partial charge in [0, 0.05) is 17.0 Å². The van der Waals surface area contributed by atoms with Crippen LogP contribution < -0.4 is 20.6 Å². The molecular formula is C59H44F6N4O7. The van der Waals surface area contributed by atoms with Crippen LogP contribution in [-0.2, 0) is 25.4 Å². The number of carboxylic acids is 1. The maximum Gasteiger partial charge on any atom is 0.407 e. The number of rotatable bonds is 12. The van der Waals surface area contributed by atoms with Crippen LogP contribution in [0.25, 0.3) is 32.2 Å². The van der Waals surface area contributed by atoms with Crippen molar-refractivity contribution in [2.75, 3.05) is 0 Å². The van der Waals surface area contributed by atoms with Crippen LogP contribution in [0.3, 0.4) is 0 Å². The van der Waals surface area contributed by atoms with Crippen molar-refractivity contribution in [2.45, 2.75) is 60.1 Å². The molecule has 0 unspecified atom stereocenters. The minimum atomic E-state index is -4.90. The van der Waals surface area contributed by atoms with E-state index in [1.165, 1.54) is 58.5 Å². The molecule has 76 heavy (non-hydrogen) atoms. The van der Waals surface area contributed by atoms with Gasteiger partial charge in [-0.2, -0.15) is 26.3 Å². The van der Waals surface area contributed by atoms with E-state index in [4.69, 9.17) is 27.7 Å². The normalized spacial score (nSPS) is 11.2. The van der Waals surface area contributed by atoms with Gasteiger partial charge in [0.2, 0.25) is 0 Å². The molecule has 0 aliphatic heterocycles. The van der Waals surface area contributed by atoms with Gasteiger partial charge in [-0.3, -0.25) is 14.4 Å². The zero-order valence-electron chi connectivity index (χ0n) is 41.2. The van der Waals surface area contributed by atoms with Crippen molar-refractivity contribution in [3.8, 4) is 45.5 Å². The van der Waals surface area contributed by atoms with Crippen LogP contribution >= 0.6 is 0 Å². The summed E-state index contributed by atoms with van der Waals surface area (Å²) in [4.78, 5) is 55.2. The van der Waals surface area contributed by atoms with Gasteiger partial charge in [-0.25, -0.2) is 14.5 Å². The number of carbonyl (C=O) groups excluding carboxylic acids is 1. The fraction of sp³-hybridized carbons (Fsp3) is 0.153. The maximum atomic E-state index is 13.8. The van der Waals surface area contributed by atoms with Crippen LogP contribution in [0.1, 0.15) is 72.1 Å². The van der Waals surface area contributed by atoms with Crippen molar-refractivity contribution in [3.05, 3.63) is 245 Å². The van der Waals surface area contributed by atoms with Gasteiger partial charge in [-0.15, -0.1) is 0 Å². The first-order valence-corrected chi connectivity index (χ1v) is 23.0. The molecule has 8 rings (SSSR count). The van der Waals surface area contributed by atoms with Crippen LogP contribution in [0.4, 0.5) is 37.7 Å². The van der Waals surface area contributed by atoms with E-state index in [1.807, 2.05) is 58.0 Å². The van der Waals surface area contributed by atoms with Gasteiger partial charge < -0.3 is 23.7 Å². The molecule has 384 valence electrons. The monoisotopic (exact) mass is 1030 g/mol. The van der Waals surface area contributed by atoms with E-state index in [2.05, 4.69) is 9.69 Å². The summed E-state index contributed by atoms with van der Waals surface area (Å²) >= 11 is 0. The molecule has 17 heteroatoms. The molecule has 0 radical (unpaired) electrons. The third-order valence-electron chi connectivity index (χ3n) is 12.1. The number of carbonyl (C=O) groups is 2. The molecule has 0 aliphatic carbocycles. The lowest BCUT2D eigenvalue weighted by Gasteiger charge is -2.19. The Hall–Kier alpha value is -9.48. The second-order valence-electron chi connectivity index (χ2n) is 17.6. The van der Waals surface area contributed by atoms with E-state index >= 15 is 0 Å². The molecule has 0 aliphatic rings. The molecule has 6 aromatic carbocycles. The van der Waals surface area contributed by atoms with Crippen molar-refractivity contribution >= 4 is 23.1 Å². The highest BCUT2D eigenvalue weighted by atomic mass is 19.4. The fourth-order valence-electron chi connectivity index (χ4n) is 8.23. The number of hydrogen-bond donors (Lipinski definition) is 1. The first kappa shape index (κ1) is 54.3. The van der Waals surface area contributed by atoms with Crippen LogP contribution in [0.5, 0.6) is 23.0 Å². The third-order valence-corrected chi connectivity index (χ3v) is 12.1. The first-order chi connectivity index (χ1) is 35.9. The standard InChI is InChI=1S/C30H23F3N2O3.C29H21F3N2O4/c1-18-8-9-23(19(2)14-18)17-35-27(16-26(30(31,32)33)28(34-4)29(35)37)21-10-12-24(13-11-21)38-25-7-5-6-22(15-25)20(3)36;1-17-7-8-21(18(2)13-17)16-34-25(15-24(29(30,31)32)26(33-3)27(34)35)19-9-11-22(12-10-19)38-23-6-4-5-20(14-23)28(36)37/h5-16H,17H2,1-3H3;4-15H,16H2,1-2H3,(H,36,37). The lowest BCUT2D eigenvalue weighted by atomic mass is 10.0. The van der Waals surface area contributed by atoms with Crippen molar-refractivity contribution in [3.63, 3.8) is 0 Å². The second kappa shape index (κ2) is 22.3. The van der Waals surface area contributed by atoms with E-state index in [-0.39, 0.29) is 41.6 Å². The summed E-state index contributed by atoms with van der Waals surface area (Å²) in [5.74, 6) is 0.176. The Kier molecular flexibility index (Phi) is 16.0. The van der Waals surface area contributed by atoms with E-state index in [0.717, 1.165) is 45.5 Å². The summed E-state index contributed by atoms with van der Waals surface area (Å²) in [6.45, 7) is 23.5. The summed E-state index contributed by atoms with van der Waals surface area (Å²) in [5, 5.41) is 9.16. The average molecular weight is 1040 g/mol. The van der Waals surface area contributed by atoms with E-state index in [9.17, 15) is 45.5 Å². The molecule has 2 heterocycles. The van der Waals surface area contributed by atoms with Crippen LogP contribution in [0.2, 0.25) is 0 Å². The summed E-state index contributed by atoms with van der Waals surface area (Å²) in [7, 11) is 0. The molecule has 0 fully saturated rings. The Labute approximate surface area is 431 Å². The van der Waals surface area contributed by atoms with Gasteiger partial charge in [0.05, 0.1) is 42.9 Å². The Bertz CT molecular complexity index is 3510. The Morgan fingerprint density at radius 3 is 1.25 bits per heavy atom. The largest absolute Gasteiger partial charge is 0.478 e. The number of carboxylic acid groups (broad SMARTS) is 1. The summed E-state index contributed by atoms with van der Waals surface area (Å²) in [5.41, 5.74) is -0.134. The molecule has 0 amide bonds. The van der Waals surface area contributed by atoms with Gasteiger partial charge in [0.15, 0.2) is 5.78 Å². The molecule has 1 N–H and O–H groups in total. The Balaban J connectivity index is 0.000000221. The average Bonchev–Trinajstić information content (AvgIpc) is 3.36. The molecular weight excluding hydrogens is 991 g/mol. The highest BCUT2D eigenvalue weighted by Crippen LogP contribution is 2.40. The molecule has 11 nitrogen and oxygen atoms in total. The molecule has 2 aromatic heterocycles. The molecule has 0 saturated heterocycles. The smallest absolute Gasteiger partial charge is 0.407 e. The van der Waals surface area contributed by atoms with Crippen molar-refractivity contribution < 1.29 is 50.5 Å². The van der Waals surface area contributed by atoms with Crippen molar-refractivity contribution in [2.24, 2.45) is 0 Å². The van der Waals surface area contributed by atoms with Gasteiger partial charge in [-0.05, 0) is 159 Å². The van der Waals surface area contributed by atoms with Crippen LogP contribution in [0.15, 0.2) is 155 Å². The fourth-order valence-corrected chi connectivity index (χ4v) is 8.23. The Morgan fingerprint density at radius 1 is 0.526 bits per heavy atom. The van der Waals surface area contributed by atoms with Gasteiger partial charge in [-0.1, -0.05) is 65.7 Å². The van der Waals surface area contributed by atoms with Gasteiger partial charge in [0.1, 0.15) is 23.0 Å². The highest BCUT2D eigenvalue weighted by Gasteiger charge is 2.38. The number of ether oxygens (including phenoxy) is 2. The minimum absolute atomic E-state index is 0.00295. The number of ketones is 1. The number of hydrogen-bond acceptors (Lipinski definition) is 6. The Morgan fingerprint density at radius 2 is 0.908 bits per heavy atom. The lowest BCUT2D eigenvalue weighted by Crippen LogP contribution is -2.25. The number of halogens is 6. The predicted molar refractivity (Wildman–Crippen MR) is 275 cm³/mol. The minimum Gasteiger partial charge on any atom is -0.478 e. The first-order valence-electron chi connectivity index (χ1n) is 23.0. The number of Topliss-reactive ketones (excluding diaryl/α,β-unsaturated/α-hetero) is 1. The molecule has 0 bridgehead atoms. The topological polar surface area (TPSA) is 126 Å². The number of pyridine rings is 2. The molecule has 0 atom stereocenters. The number of aromatic nitrogens is 2. The van der Waals surface area contributed by atoms with E-state index in [1.54, 1.807) is 60.7 Å². The molecule has 0 spiro atoms. The quantitative estimate of drug-likeness (QED) is 0.0734. The third kappa shape index (κ3) is 12.5. The van der Waals surface area contributed by atoms with E-state index < -0.39 is 51.9 Å². The highest BCUT2D eigenvalue weighted by molar-refractivity contribution is 5.94. The van der Waals surface area contributed by atoms with E-state index in [0.29, 0.717) is 33.9 Å². The number of aromatic carboxylic acids is 1.